The van der Waals surface area contributed by atoms with Crippen LogP contribution < -0.4 is 0 Å². The van der Waals surface area contributed by atoms with Crippen molar-refractivity contribution in [2.75, 3.05) is 0 Å². The molecule has 0 aliphatic carbocycles. The maximum absolute atomic E-state index is 5.98. The van der Waals surface area contributed by atoms with E-state index < -0.39 is 0 Å². The molecule has 0 aromatic carbocycles. The largest absolute Gasteiger partial charge is 0.458 e. The first kappa shape index (κ1) is 1.85. The molecule has 0 heterocycles. The molecular weight excluding hydrogens is 52.0 g/mol. The molecule has 0 saturated heterocycles. The van der Waals surface area contributed by atoms with E-state index in [1.54, 1.807) is 0 Å². The van der Waals surface area contributed by atoms with Crippen molar-refractivity contribution in [2.24, 2.45) is 0 Å². The van der Waals surface area contributed by atoms with Gasteiger partial charge >= 0.3 is 0 Å². The Morgan fingerprint density at radius 1 is 2.50 bits per heavy atom. The van der Waals surface area contributed by atoms with Gasteiger partial charge in [0.15, 0.2) is 1.43 Å². The fourth-order valence-corrected chi connectivity index (χ4v) is 0. The molecule has 0 aromatic rings. The summed E-state index contributed by atoms with van der Waals surface area (Å²) in [5, 5.41) is 3.70. The lowest BCUT2D eigenvalue weighted by atomic mass is 10.7. The number of rotatable bonds is 2. The fourth-order valence-electron chi connectivity index (χ4n) is 0. The molecule has 1 N–H and O–H groups in total. The second-order valence-electron chi connectivity index (χ2n) is 0.372. The Bertz CT molecular complexity index is 28.1. The van der Waals surface area contributed by atoms with Crippen molar-refractivity contribution in [3.8, 4) is 0 Å². The summed E-state index contributed by atoms with van der Waals surface area (Å²) >= 11 is 0. The lowest BCUT2D eigenvalue weighted by Gasteiger charge is -1.74. The highest BCUT2D eigenvalue weighted by Crippen LogP contribution is 1.57. The maximum Gasteiger partial charge on any atom is 0.189 e. The van der Waals surface area contributed by atoms with Gasteiger partial charge in [-0.3, -0.25) is 0 Å². The second kappa shape index (κ2) is 2.57. The van der Waals surface area contributed by atoms with Gasteiger partial charge in [-0.1, -0.05) is 0 Å². The normalized spacial score (nSPS) is 8.50. The number of aliphatic hydroxyl groups is 1. The van der Waals surface area contributed by atoms with Crippen molar-refractivity contribution in [3.63, 3.8) is 0 Å². The van der Waals surface area contributed by atoms with E-state index in [0.29, 0.717) is 0 Å². The van der Waals surface area contributed by atoms with Gasteiger partial charge in [-0.2, -0.15) is 0 Å². The van der Waals surface area contributed by atoms with E-state index in [0.717, 1.165) is 0 Å². The Balaban J connectivity index is 2.40. The topological polar surface area (TPSA) is 20.2 Å². The van der Waals surface area contributed by atoms with Gasteiger partial charge in [0.05, 0.1) is 0 Å². The Morgan fingerprint density at radius 3 is 3.25 bits per heavy atom. The summed E-state index contributed by atoms with van der Waals surface area (Å²) < 4.78 is 5.98. The molecule has 0 aliphatic rings. The zero-order valence-corrected chi connectivity index (χ0v) is 2.27. The standard InChI is InChI=1S/C3H5O/c1-2-3-4/h2-4H,1H2/q-1/i4D. The third-order valence-electron chi connectivity index (χ3n) is 0.0962. The van der Waals surface area contributed by atoms with E-state index in [2.05, 4.69) is 11.7 Å². The van der Waals surface area contributed by atoms with Crippen LogP contribution in [-0.4, -0.2) is 5.11 Å². The van der Waals surface area contributed by atoms with E-state index in [-0.39, 0.29) is 0 Å². The third-order valence-corrected chi connectivity index (χ3v) is 0.0962. The number of hydrogen-bond donors (Lipinski definition) is 1. The van der Waals surface area contributed by atoms with Crippen LogP contribution in [0.25, 0.3) is 0 Å². The predicted molar refractivity (Wildman–Crippen MR) is 16.4 cm³/mol. The summed E-state index contributed by atoms with van der Waals surface area (Å²) in [7, 11) is 0. The summed E-state index contributed by atoms with van der Waals surface area (Å²) in [5.41, 5.74) is 0. The molecule has 24 valence electrons. The zero-order valence-electron chi connectivity index (χ0n) is 3.27. The van der Waals surface area contributed by atoms with Crippen molar-refractivity contribution in [3.05, 3.63) is 19.3 Å². The van der Waals surface area contributed by atoms with Crippen molar-refractivity contribution in [1.29, 1.82) is 0 Å². The average molecular weight is 58.1 g/mol. The van der Waals surface area contributed by atoms with E-state index >= 15 is 0 Å². The zero-order chi connectivity index (χ0) is 4.12. The minimum Gasteiger partial charge on any atom is -0.458 e. The van der Waals surface area contributed by atoms with Crippen molar-refractivity contribution >= 4 is 0 Å². The van der Waals surface area contributed by atoms with Crippen LogP contribution in [0.1, 0.15) is 1.43 Å². The van der Waals surface area contributed by atoms with Gasteiger partial charge < -0.3 is 5.11 Å². The Hall–Kier alpha value is -0.430. The maximum atomic E-state index is 5.98. The first-order chi connectivity index (χ1) is 2.41. The Morgan fingerprint density at radius 2 is 3.25 bits per heavy atom. The summed E-state index contributed by atoms with van der Waals surface area (Å²) in [6.45, 7) is 4.43. The van der Waals surface area contributed by atoms with Crippen molar-refractivity contribution in [2.45, 2.75) is 0 Å². The van der Waals surface area contributed by atoms with Crippen LogP contribution in [0.3, 0.4) is 0 Å². The van der Waals surface area contributed by atoms with E-state index in [1.165, 1.54) is 12.7 Å². The van der Waals surface area contributed by atoms with E-state index in [1.807, 2.05) is 0 Å². The van der Waals surface area contributed by atoms with Gasteiger partial charge in [-0.25, -0.2) is 12.7 Å². The average Bonchev–Trinajstić information content (AvgIpc) is 1.41. The molecule has 0 unspecified atom stereocenters. The van der Waals surface area contributed by atoms with Crippen LogP contribution in [-0.2, 0) is 0 Å². The smallest absolute Gasteiger partial charge is 0.189 e. The fraction of sp³-hybridized carbons (Fsp3) is 0. The molecule has 0 aromatic heterocycles. The number of aliphatic hydroxyl groups excluding tert-OH is 1. The molecule has 0 aliphatic heterocycles. The minimum absolute atomic E-state index is 1.18. The summed E-state index contributed by atoms with van der Waals surface area (Å²) in [4.78, 5) is 0. The van der Waals surface area contributed by atoms with Gasteiger partial charge in [0.1, 0.15) is 0 Å². The molecule has 0 amide bonds. The van der Waals surface area contributed by atoms with Crippen LogP contribution in [0.2, 0.25) is 0 Å². The molecule has 0 saturated carbocycles. The molecule has 0 fully saturated rings. The van der Waals surface area contributed by atoms with Crippen LogP contribution in [0.15, 0.2) is 12.7 Å². The van der Waals surface area contributed by atoms with Crippen LogP contribution >= 0.6 is 0 Å². The molecule has 4 heavy (non-hydrogen) atoms. The molecule has 0 rings (SSSR count). The third kappa shape index (κ3) is 1.57. The van der Waals surface area contributed by atoms with Gasteiger partial charge in [0.25, 0.3) is 0 Å². The lowest BCUT2D eigenvalue weighted by molar-refractivity contribution is 0.421. The first-order valence-corrected chi connectivity index (χ1v) is 0.977. The highest BCUT2D eigenvalue weighted by atomic mass is 16.2. The molecule has 1 nitrogen and oxygen atoms in total. The number of hydrogen-bond acceptors (Lipinski definition) is 1. The van der Waals surface area contributed by atoms with Crippen LogP contribution in [0.5, 0.6) is 0 Å². The predicted octanol–water partition coefficient (Wildman–Crippen LogP) is 0.707. The van der Waals surface area contributed by atoms with Crippen molar-refractivity contribution < 1.29 is 6.54 Å². The van der Waals surface area contributed by atoms with E-state index in [4.69, 9.17) is 1.43 Å². The molecule has 1 heteroatoms. The summed E-state index contributed by atoms with van der Waals surface area (Å²) in [5.74, 6) is 0. The monoisotopic (exact) mass is 58.0 g/mol. The van der Waals surface area contributed by atoms with Crippen LogP contribution in [0.4, 0.5) is 0 Å². The van der Waals surface area contributed by atoms with E-state index in [9.17, 15) is 0 Å². The molecule has 0 radical (unpaired) electrons. The summed E-state index contributed by atoms with van der Waals surface area (Å²) in [6.07, 6.45) is 1.40. The van der Waals surface area contributed by atoms with Crippen LogP contribution in [0, 0.1) is 6.61 Å². The lowest BCUT2D eigenvalue weighted by Crippen LogP contribution is -1.49. The van der Waals surface area contributed by atoms with Gasteiger partial charge in [-0.15, -0.1) is 6.61 Å². The van der Waals surface area contributed by atoms with Gasteiger partial charge in [0.2, 0.25) is 0 Å². The highest BCUT2D eigenvalue weighted by molar-refractivity contribution is 4.73. The molecule has 0 spiro atoms. The quantitative estimate of drug-likeness (QED) is 0.463. The Labute approximate surface area is 27.1 Å². The second-order valence-corrected chi connectivity index (χ2v) is 0.372. The Kier molecular flexibility index (Phi) is 1.19. The highest BCUT2D eigenvalue weighted by Gasteiger charge is 1.30. The minimum atomic E-state index is 1.18. The SMILES string of the molecule is [2H]O[CH-]C=C. The molecular formula is C3H5O-. The van der Waals surface area contributed by atoms with Gasteiger partial charge in [0, 0.05) is 0 Å². The van der Waals surface area contributed by atoms with Gasteiger partial charge in [-0.05, 0) is 0 Å². The first-order valence-electron chi connectivity index (χ1n) is 1.39. The summed E-state index contributed by atoms with van der Waals surface area (Å²) in [6, 6.07) is 0. The molecule has 0 bridgehead atoms. The van der Waals surface area contributed by atoms with Crippen molar-refractivity contribution in [1.82, 2.24) is 0 Å². The molecule has 0 atom stereocenters.